The van der Waals surface area contributed by atoms with Crippen molar-refractivity contribution in [3.05, 3.63) is 27.1 Å². The molecule has 0 bridgehead atoms. The van der Waals surface area contributed by atoms with Crippen LogP contribution in [0.25, 0.3) is 4.96 Å². The number of thioether (sulfide) groups is 1. The molecule has 2 aromatic heterocycles. The highest BCUT2D eigenvalue weighted by atomic mass is 32.2. The van der Waals surface area contributed by atoms with Gasteiger partial charge in [-0.05, 0) is 0 Å². The second kappa shape index (κ2) is 6.13. The molecule has 0 aliphatic rings. The normalized spacial score (nSPS) is 11.0. The summed E-state index contributed by atoms with van der Waals surface area (Å²) < 4.78 is 6.18. The van der Waals surface area contributed by atoms with Crippen molar-refractivity contribution >= 4 is 34.0 Å². The second-order valence-electron chi connectivity index (χ2n) is 3.60. The quantitative estimate of drug-likeness (QED) is 0.835. The number of aliphatic carboxylic acids is 1. The fraction of sp³-hybridized carbons (Fsp3) is 0.400. The monoisotopic (exact) mass is 301 g/mol. The SMILES string of the molecule is COCc1nn2c(=O)cc(CSCC(=O)O)nc2s1. The first-order valence-electron chi connectivity index (χ1n) is 5.27. The summed E-state index contributed by atoms with van der Waals surface area (Å²) in [7, 11) is 1.55. The van der Waals surface area contributed by atoms with Crippen molar-refractivity contribution in [1.29, 1.82) is 0 Å². The molecule has 19 heavy (non-hydrogen) atoms. The third-order valence-electron chi connectivity index (χ3n) is 2.08. The van der Waals surface area contributed by atoms with Crippen molar-refractivity contribution in [1.82, 2.24) is 14.6 Å². The van der Waals surface area contributed by atoms with E-state index < -0.39 is 5.97 Å². The van der Waals surface area contributed by atoms with Crippen molar-refractivity contribution in [3.63, 3.8) is 0 Å². The van der Waals surface area contributed by atoms with Gasteiger partial charge >= 0.3 is 5.97 Å². The van der Waals surface area contributed by atoms with E-state index in [1.807, 2.05) is 0 Å². The molecule has 2 aromatic rings. The molecule has 0 atom stereocenters. The maximum atomic E-state index is 11.8. The van der Waals surface area contributed by atoms with E-state index in [1.54, 1.807) is 7.11 Å². The minimum atomic E-state index is -0.886. The van der Waals surface area contributed by atoms with Crippen molar-refractivity contribution in [2.75, 3.05) is 12.9 Å². The summed E-state index contributed by atoms with van der Waals surface area (Å²) in [5.41, 5.74) is 0.290. The number of fused-ring (bicyclic) bond motifs is 1. The van der Waals surface area contributed by atoms with E-state index in [4.69, 9.17) is 9.84 Å². The molecule has 0 amide bonds. The Bertz CT molecular complexity index is 652. The Balaban J connectivity index is 2.22. The number of methoxy groups -OCH3 is 1. The summed E-state index contributed by atoms with van der Waals surface area (Å²) in [5.74, 6) is -0.517. The molecule has 0 saturated heterocycles. The average molecular weight is 301 g/mol. The smallest absolute Gasteiger partial charge is 0.313 e. The third kappa shape index (κ3) is 3.52. The number of hydrogen-bond acceptors (Lipinski definition) is 7. The number of carbonyl (C=O) groups is 1. The van der Waals surface area contributed by atoms with Gasteiger partial charge in [0.1, 0.15) is 5.01 Å². The molecular weight excluding hydrogens is 290 g/mol. The lowest BCUT2D eigenvalue weighted by molar-refractivity contribution is -0.133. The summed E-state index contributed by atoms with van der Waals surface area (Å²) in [6.07, 6.45) is 0. The molecule has 102 valence electrons. The van der Waals surface area contributed by atoms with Crippen LogP contribution in [0.5, 0.6) is 0 Å². The van der Waals surface area contributed by atoms with Crippen molar-refractivity contribution < 1.29 is 14.6 Å². The molecule has 0 aliphatic carbocycles. The largest absolute Gasteiger partial charge is 0.481 e. The van der Waals surface area contributed by atoms with Crippen LogP contribution in [0, 0.1) is 0 Å². The van der Waals surface area contributed by atoms with Crippen molar-refractivity contribution in [3.8, 4) is 0 Å². The average Bonchev–Trinajstić information content (AvgIpc) is 2.72. The topological polar surface area (TPSA) is 93.8 Å². The Morgan fingerprint density at radius 1 is 1.63 bits per heavy atom. The Labute approximate surface area is 116 Å². The molecule has 0 radical (unpaired) electrons. The molecule has 0 saturated carbocycles. The van der Waals surface area contributed by atoms with Gasteiger partial charge < -0.3 is 9.84 Å². The van der Waals surface area contributed by atoms with Crippen molar-refractivity contribution in [2.45, 2.75) is 12.4 Å². The van der Waals surface area contributed by atoms with Crippen molar-refractivity contribution in [2.24, 2.45) is 0 Å². The van der Waals surface area contributed by atoms with Gasteiger partial charge in [0.2, 0.25) is 4.96 Å². The summed E-state index contributed by atoms with van der Waals surface area (Å²) >= 11 is 2.48. The highest BCUT2D eigenvalue weighted by molar-refractivity contribution is 7.99. The molecule has 0 fully saturated rings. The Hall–Kier alpha value is -1.45. The van der Waals surface area contributed by atoms with Crippen LogP contribution >= 0.6 is 23.1 Å². The van der Waals surface area contributed by atoms with Gasteiger partial charge in [-0.3, -0.25) is 9.59 Å². The minimum Gasteiger partial charge on any atom is -0.481 e. The first-order valence-corrected chi connectivity index (χ1v) is 7.24. The van der Waals surface area contributed by atoms with Crippen LogP contribution in [-0.2, 0) is 21.9 Å². The molecule has 1 N–H and O–H groups in total. The zero-order chi connectivity index (χ0) is 13.8. The number of carboxylic acid groups (broad SMARTS) is 1. The van der Waals surface area contributed by atoms with E-state index in [2.05, 4.69) is 10.1 Å². The predicted octanol–water partition coefficient (Wildman–Crippen LogP) is 0.615. The lowest BCUT2D eigenvalue weighted by Crippen LogP contribution is -2.15. The number of rotatable bonds is 6. The van der Waals surface area contributed by atoms with Gasteiger partial charge in [-0.2, -0.15) is 9.61 Å². The zero-order valence-corrected chi connectivity index (χ0v) is 11.7. The van der Waals surface area contributed by atoms with Gasteiger partial charge in [0.05, 0.1) is 18.1 Å². The molecule has 0 unspecified atom stereocenters. The number of ether oxygens (including phenoxy) is 1. The predicted molar refractivity (Wildman–Crippen MR) is 71.6 cm³/mol. The molecule has 0 spiro atoms. The zero-order valence-electron chi connectivity index (χ0n) is 10.0. The van der Waals surface area contributed by atoms with Gasteiger partial charge in [0.25, 0.3) is 5.56 Å². The number of hydrogen-bond donors (Lipinski definition) is 1. The number of carboxylic acids is 1. The maximum absolute atomic E-state index is 11.8. The Kier molecular flexibility index (Phi) is 4.51. The van der Waals surface area contributed by atoms with E-state index in [-0.39, 0.29) is 11.3 Å². The van der Waals surface area contributed by atoms with Crippen LogP contribution in [0.2, 0.25) is 0 Å². The molecule has 2 rings (SSSR count). The van der Waals surface area contributed by atoms with Crippen LogP contribution in [-0.4, -0.2) is 38.5 Å². The molecule has 0 aliphatic heterocycles. The number of aromatic nitrogens is 3. The Morgan fingerprint density at radius 3 is 3.11 bits per heavy atom. The van der Waals surface area contributed by atoms with E-state index in [9.17, 15) is 9.59 Å². The third-order valence-corrected chi connectivity index (χ3v) is 3.92. The molecule has 9 heteroatoms. The summed E-state index contributed by atoms with van der Waals surface area (Å²) in [4.78, 5) is 27.0. The maximum Gasteiger partial charge on any atom is 0.313 e. The van der Waals surface area contributed by atoms with Gasteiger partial charge in [-0.1, -0.05) is 11.3 Å². The highest BCUT2D eigenvalue weighted by Gasteiger charge is 2.09. The minimum absolute atomic E-state index is 0.0152. The van der Waals surface area contributed by atoms with Crippen LogP contribution in [0.4, 0.5) is 0 Å². The van der Waals surface area contributed by atoms with Gasteiger partial charge in [-0.25, -0.2) is 4.98 Å². The fourth-order valence-corrected chi connectivity index (χ4v) is 2.92. The van der Waals surface area contributed by atoms with E-state index >= 15 is 0 Å². The summed E-state index contributed by atoms with van der Waals surface area (Å²) in [6.45, 7) is 0.330. The van der Waals surface area contributed by atoms with Gasteiger partial charge in [0, 0.05) is 18.9 Å². The molecule has 2 heterocycles. The lowest BCUT2D eigenvalue weighted by Gasteiger charge is -1.98. The fourth-order valence-electron chi connectivity index (χ4n) is 1.39. The van der Waals surface area contributed by atoms with E-state index in [0.717, 1.165) is 0 Å². The van der Waals surface area contributed by atoms with E-state index in [0.29, 0.717) is 28.0 Å². The molecule has 7 nitrogen and oxygen atoms in total. The van der Waals surface area contributed by atoms with Crippen LogP contribution < -0.4 is 5.56 Å². The van der Waals surface area contributed by atoms with Crippen LogP contribution in [0.3, 0.4) is 0 Å². The van der Waals surface area contributed by atoms with Crippen LogP contribution in [0.15, 0.2) is 10.9 Å². The highest BCUT2D eigenvalue weighted by Crippen LogP contribution is 2.14. The lowest BCUT2D eigenvalue weighted by atomic mass is 10.4. The number of nitrogens with zero attached hydrogens (tertiary/aromatic N) is 3. The molecular formula is C10H11N3O4S2. The second-order valence-corrected chi connectivity index (χ2v) is 5.62. The molecule has 0 aromatic carbocycles. The van der Waals surface area contributed by atoms with E-state index in [1.165, 1.54) is 33.7 Å². The van der Waals surface area contributed by atoms with Crippen LogP contribution in [0.1, 0.15) is 10.7 Å². The standard InChI is InChI=1S/C10H11N3O4S2/c1-17-3-7-12-13-8(14)2-6(11-10(13)19-7)4-18-5-9(15)16/h2H,3-5H2,1H3,(H,15,16). The first-order chi connectivity index (χ1) is 9.10. The first kappa shape index (κ1) is 14.0. The summed E-state index contributed by atoms with van der Waals surface area (Å²) in [5, 5.41) is 13.3. The van der Waals surface area contributed by atoms with Gasteiger partial charge in [-0.15, -0.1) is 11.8 Å². The summed E-state index contributed by atoms with van der Waals surface area (Å²) in [6, 6.07) is 1.37. The Morgan fingerprint density at radius 2 is 2.42 bits per heavy atom. The van der Waals surface area contributed by atoms with Gasteiger partial charge in [0.15, 0.2) is 0 Å².